The number of amides is 1. The largest absolute Gasteiger partial charge is 0.339 e. The van der Waals surface area contributed by atoms with Gasteiger partial charge in [0.25, 0.3) is 0 Å². The molecule has 1 aliphatic carbocycles. The minimum atomic E-state index is -4.09. The first-order valence-electron chi connectivity index (χ1n) is 5.54. The normalized spacial score (nSPS) is 16.4. The van der Waals surface area contributed by atoms with Gasteiger partial charge in [0.1, 0.15) is 0 Å². The maximum Gasteiger partial charge on any atom is 0.319 e. The number of halogens is 4. The van der Waals surface area contributed by atoms with Gasteiger partial charge in [-0.3, -0.25) is 4.79 Å². The van der Waals surface area contributed by atoms with Crippen LogP contribution in [0.3, 0.4) is 0 Å². The fourth-order valence-electron chi connectivity index (χ4n) is 1.54. The monoisotopic (exact) mass is 256 g/mol. The summed E-state index contributed by atoms with van der Waals surface area (Å²) in [6.45, 7) is 0.797. The maximum atomic E-state index is 12.5. The summed E-state index contributed by atoms with van der Waals surface area (Å²) < 4.78 is 48.7. The molecule has 0 saturated heterocycles. The van der Waals surface area contributed by atoms with Gasteiger partial charge in [-0.1, -0.05) is 0 Å². The third-order valence-electron chi connectivity index (χ3n) is 2.60. The number of likely N-dealkylation sites (N-methyl/N-ethyl adjacent to an activating group) is 1. The first-order valence-corrected chi connectivity index (χ1v) is 5.54. The Bertz CT molecular complexity index is 269. The second-order valence-electron chi connectivity index (χ2n) is 4.08. The molecule has 0 unspecified atom stereocenters. The molecule has 3 nitrogen and oxygen atoms in total. The lowest BCUT2D eigenvalue weighted by molar-refractivity contribution is -0.134. The average molecular weight is 256 g/mol. The molecule has 17 heavy (non-hydrogen) atoms. The molecule has 100 valence electrons. The molecule has 1 amide bonds. The predicted molar refractivity (Wildman–Crippen MR) is 54.2 cm³/mol. The molecular formula is C10H16F4N2O. The van der Waals surface area contributed by atoms with Crippen molar-refractivity contribution in [3.05, 3.63) is 0 Å². The van der Waals surface area contributed by atoms with Gasteiger partial charge in [-0.2, -0.15) is 8.78 Å². The average Bonchev–Trinajstić information content (AvgIpc) is 3.02. The molecule has 1 fully saturated rings. The van der Waals surface area contributed by atoms with Gasteiger partial charge >= 0.3 is 12.3 Å². The first kappa shape index (κ1) is 14.2. The van der Waals surface area contributed by atoms with Crippen molar-refractivity contribution in [1.29, 1.82) is 0 Å². The van der Waals surface area contributed by atoms with E-state index < -0.39 is 18.9 Å². The summed E-state index contributed by atoms with van der Waals surface area (Å²) in [5.74, 6) is -4.41. The van der Waals surface area contributed by atoms with Crippen LogP contribution in [0, 0.1) is 0 Å². The Labute approximate surface area is 97.2 Å². The van der Waals surface area contributed by atoms with Crippen molar-refractivity contribution in [3.63, 3.8) is 0 Å². The summed E-state index contributed by atoms with van der Waals surface area (Å²) in [6.07, 6.45) is -1.87. The Morgan fingerprint density at radius 3 is 2.47 bits per heavy atom. The molecule has 0 atom stereocenters. The van der Waals surface area contributed by atoms with Crippen LogP contribution >= 0.6 is 0 Å². The Kier molecular flexibility index (Phi) is 4.73. The lowest BCUT2D eigenvalue weighted by Crippen LogP contribution is -2.44. The van der Waals surface area contributed by atoms with E-state index >= 15 is 0 Å². The highest BCUT2D eigenvalue weighted by atomic mass is 19.3. The zero-order valence-electron chi connectivity index (χ0n) is 9.56. The summed E-state index contributed by atoms with van der Waals surface area (Å²) in [7, 11) is 0. The van der Waals surface area contributed by atoms with Gasteiger partial charge in [0, 0.05) is 12.6 Å². The number of hydrogen-bond acceptors (Lipinski definition) is 2. The molecule has 1 aliphatic rings. The van der Waals surface area contributed by atoms with Crippen LogP contribution < -0.4 is 5.32 Å². The summed E-state index contributed by atoms with van der Waals surface area (Å²) in [4.78, 5) is 13.1. The van der Waals surface area contributed by atoms with Gasteiger partial charge < -0.3 is 10.2 Å². The summed E-state index contributed by atoms with van der Waals surface area (Å²) >= 11 is 0. The van der Waals surface area contributed by atoms with Crippen LogP contribution in [-0.4, -0.2) is 48.8 Å². The molecule has 0 aromatic heterocycles. The number of rotatable bonds is 7. The third-order valence-corrected chi connectivity index (χ3v) is 2.60. The minimum Gasteiger partial charge on any atom is -0.339 e. The van der Waals surface area contributed by atoms with E-state index in [0.717, 1.165) is 12.8 Å². The number of alkyl halides is 4. The molecule has 7 heteroatoms. The predicted octanol–water partition coefficient (Wildman–Crippen LogP) is 1.49. The molecule has 1 rings (SSSR count). The Hall–Kier alpha value is -0.850. The van der Waals surface area contributed by atoms with Gasteiger partial charge in [-0.15, -0.1) is 0 Å². The van der Waals surface area contributed by atoms with E-state index in [2.05, 4.69) is 5.32 Å². The van der Waals surface area contributed by atoms with Crippen molar-refractivity contribution in [1.82, 2.24) is 10.2 Å². The number of nitrogens with zero attached hydrogens (tertiary/aromatic N) is 1. The lowest BCUT2D eigenvalue weighted by atomic mass is 10.3. The zero-order valence-corrected chi connectivity index (χ0v) is 9.56. The highest BCUT2D eigenvalue weighted by Gasteiger charge is 2.40. The number of nitrogens with one attached hydrogen (secondary N) is 1. The summed E-state index contributed by atoms with van der Waals surface area (Å²) in [5, 5.41) is 2.08. The molecule has 0 bridgehead atoms. The van der Waals surface area contributed by atoms with E-state index in [1.54, 1.807) is 11.8 Å². The minimum absolute atomic E-state index is 0.199. The van der Waals surface area contributed by atoms with Crippen LogP contribution in [0.1, 0.15) is 19.8 Å². The lowest BCUT2D eigenvalue weighted by Gasteiger charge is -2.21. The highest BCUT2D eigenvalue weighted by Crippen LogP contribution is 2.26. The third kappa shape index (κ3) is 4.14. The second-order valence-corrected chi connectivity index (χ2v) is 4.08. The van der Waals surface area contributed by atoms with Crippen LogP contribution in [0.25, 0.3) is 0 Å². The van der Waals surface area contributed by atoms with Crippen LogP contribution in [0.5, 0.6) is 0 Å². The number of carbonyl (C=O) groups excluding carboxylic acids is 1. The van der Waals surface area contributed by atoms with E-state index in [9.17, 15) is 22.4 Å². The van der Waals surface area contributed by atoms with Crippen molar-refractivity contribution in [2.45, 2.75) is 38.2 Å². The van der Waals surface area contributed by atoms with E-state index in [1.165, 1.54) is 0 Å². The van der Waals surface area contributed by atoms with Gasteiger partial charge in [0.2, 0.25) is 5.91 Å². The topological polar surface area (TPSA) is 32.3 Å². The smallest absolute Gasteiger partial charge is 0.319 e. The fraction of sp³-hybridized carbons (Fsp3) is 0.900. The Morgan fingerprint density at radius 2 is 2.06 bits per heavy atom. The highest BCUT2D eigenvalue weighted by molar-refractivity contribution is 5.78. The van der Waals surface area contributed by atoms with Crippen molar-refractivity contribution >= 4 is 5.91 Å². The quantitative estimate of drug-likeness (QED) is 0.700. The maximum absolute atomic E-state index is 12.5. The molecule has 1 N–H and O–H groups in total. The van der Waals surface area contributed by atoms with E-state index in [-0.39, 0.29) is 18.5 Å². The molecule has 0 aromatic rings. The zero-order chi connectivity index (χ0) is 13.1. The van der Waals surface area contributed by atoms with Crippen molar-refractivity contribution in [3.8, 4) is 0 Å². The fourth-order valence-corrected chi connectivity index (χ4v) is 1.54. The molecule has 0 aromatic carbocycles. The molecule has 1 saturated carbocycles. The van der Waals surface area contributed by atoms with Crippen molar-refractivity contribution < 1.29 is 22.4 Å². The van der Waals surface area contributed by atoms with Crippen molar-refractivity contribution in [2.24, 2.45) is 0 Å². The summed E-state index contributed by atoms with van der Waals surface area (Å²) in [6, 6.07) is 0.199. The van der Waals surface area contributed by atoms with Gasteiger partial charge in [0.15, 0.2) is 0 Å². The Morgan fingerprint density at radius 1 is 1.47 bits per heavy atom. The van der Waals surface area contributed by atoms with Crippen LogP contribution in [-0.2, 0) is 4.79 Å². The van der Waals surface area contributed by atoms with Gasteiger partial charge in [-0.25, -0.2) is 8.78 Å². The standard InChI is InChI=1S/C10H16F4N2O/c1-2-16(7-3-4-7)8(17)5-15-6-10(13,14)9(11)12/h7,9,15H,2-6H2,1H3. The molecule has 0 spiro atoms. The van der Waals surface area contributed by atoms with Crippen molar-refractivity contribution in [2.75, 3.05) is 19.6 Å². The number of hydrogen-bond donors (Lipinski definition) is 1. The molecular weight excluding hydrogens is 240 g/mol. The molecule has 0 aliphatic heterocycles. The van der Waals surface area contributed by atoms with Gasteiger partial charge in [-0.05, 0) is 19.8 Å². The molecule has 0 heterocycles. The molecule has 0 radical (unpaired) electrons. The first-order chi connectivity index (χ1) is 7.88. The van der Waals surface area contributed by atoms with E-state index in [4.69, 9.17) is 0 Å². The number of carbonyl (C=O) groups is 1. The SMILES string of the molecule is CCN(C(=O)CNCC(F)(F)C(F)F)C1CC1. The van der Waals surface area contributed by atoms with Gasteiger partial charge in [0.05, 0.1) is 13.1 Å². The van der Waals surface area contributed by atoms with Crippen LogP contribution in [0.4, 0.5) is 17.6 Å². The van der Waals surface area contributed by atoms with Crippen LogP contribution in [0.15, 0.2) is 0 Å². The van der Waals surface area contributed by atoms with E-state index in [0.29, 0.717) is 6.54 Å². The summed E-state index contributed by atoms with van der Waals surface area (Å²) in [5.41, 5.74) is 0. The Balaban J connectivity index is 2.28. The second kappa shape index (κ2) is 5.66. The van der Waals surface area contributed by atoms with Crippen LogP contribution in [0.2, 0.25) is 0 Å². The van der Waals surface area contributed by atoms with E-state index in [1.807, 2.05) is 0 Å².